The molecule has 1 aliphatic heterocycles. The molecule has 0 N–H and O–H groups in total. The average Bonchev–Trinajstić information content (AvgIpc) is 3.53. The highest BCUT2D eigenvalue weighted by Crippen LogP contribution is 2.38. The Morgan fingerprint density at radius 1 is 0.829 bits per heavy atom. The van der Waals surface area contributed by atoms with Gasteiger partial charge >= 0.3 is 7.12 Å². The van der Waals surface area contributed by atoms with Crippen molar-refractivity contribution < 1.29 is 18.8 Å². The zero-order chi connectivity index (χ0) is 25.5. The van der Waals surface area contributed by atoms with Crippen molar-refractivity contribution in [1.82, 2.24) is 0 Å². The van der Waals surface area contributed by atoms with Crippen LogP contribution in [0.25, 0.3) is 9.75 Å². The molecule has 4 nitrogen and oxygen atoms in total. The predicted molar refractivity (Wildman–Crippen MR) is 151 cm³/mol. The maximum atomic E-state index is 6.22. The molecular weight excluding hydrogens is 475 g/mol. The topological polar surface area (TPSA) is 36.9 Å². The summed E-state index contributed by atoms with van der Waals surface area (Å²) < 4.78 is 25.0. The van der Waals surface area contributed by atoms with Gasteiger partial charge in [-0.2, -0.15) is 0 Å². The van der Waals surface area contributed by atoms with Gasteiger partial charge in [0.05, 0.1) is 24.4 Å². The van der Waals surface area contributed by atoms with Gasteiger partial charge in [-0.15, -0.1) is 22.7 Å². The second-order valence-electron chi connectivity index (χ2n) is 10.9. The van der Waals surface area contributed by atoms with Gasteiger partial charge in [0.15, 0.2) is 0 Å². The Hall–Kier alpha value is -0.695. The third kappa shape index (κ3) is 7.42. The highest BCUT2D eigenvalue weighted by atomic mass is 32.1. The van der Waals surface area contributed by atoms with Crippen molar-refractivity contribution in [2.45, 2.75) is 97.7 Å². The van der Waals surface area contributed by atoms with Crippen molar-refractivity contribution in [3.63, 3.8) is 0 Å². The number of hydrogen-bond donors (Lipinski definition) is 0. The lowest BCUT2D eigenvalue weighted by molar-refractivity contribution is -0.0140. The van der Waals surface area contributed by atoms with E-state index in [1.165, 1.54) is 33.9 Å². The van der Waals surface area contributed by atoms with Crippen molar-refractivity contribution in [2.24, 2.45) is 5.41 Å². The Morgan fingerprint density at radius 2 is 1.46 bits per heavy atom. The number of aryl methyl sites for hydroxylation is 1. The lowest BCUT2D eigenvalue weighted by Gasteiger charge is -2.32. The number of hydrogen-bond acceptors (Lipinski definition) is 6. The smallest absolute Gasteiger partial charge is 0.399 e. The molecule has 0 atom stereocenters. The standard InChI is InChI=1S/C28H45BO4S2/c1-8-28(9-2,20-30-7)21-31-19-13-11-10-12-14-22-15-16-23(34-22)24-17-18-25(35-24)29-32-26(3,4)27(5,6)33-29/h15-18H,8-14,19-21H2,1-7H3. The summed E-state index contributed by atoms with van der Waals surface area (Å²) in [6, 6.07) is 8.92. The summed E-state index contributed by atoms with van der Waals surface area (Å²) in [5, 5.41) is 0. The molecule has 1 aliphatic rings. The van der Waals surface area contributed by atoms with Crippen LogP contribution in [-0.2, 0) is 25.2 Å². The van der Waals surface area contributed by atoms with E-state index < -0.39 is 0 Å². The Kier molecular flexibility index (Phi) is 10.5. The normalized spacial score (nSPS) is 17.4. The number of unbranched alkanes of at least 4 members (excludes halogenated alkanes) is 3. The van der Waals surface area contributed by atoms with Crippen LogP contribution in [0, 0.1) is 5.41 Å². The van der Waals surface area contributed by atoms with Crippen LogP contribution in [0.4, 0.5) is 0 Å². The number of ether oxygens (including phenoxy) is 2. The molecule has 1 saturated heterocycles. The molecule has 0 unspecified atom stereocenters. The van der Waals surface area contributed by atoms with Crippen molar-refractivity contribution in [2.75, 3.05) is 26.9 Å². The van der Waals surface area contributed by atoms with E-state index >= 15 is 0 Å². The minimum Gasteiger partial charge on any atom is -0.399 e. The van der Waals surface area contributed by atoms with E-state index in [2.05, 4.69) is 65.8 Å². The van der Waals surface area contributed by atoms with E-state index in [1.807, 2.05) is 11.3 Å². The van der Waals surface area contributed by atoms with Crippen LogP contribution in [0.2, 0.25) is 0 Å². The molecule has 3 rings (SSSR count). The van der Waals surface area contributed by atoms with Gasteiger partial charge in [-0.1, -0.05) is 32.8 Å². The van der Waals surface area contributed by atoms with Crippen molar-refractivity contribution >= 4 is 34.6 Å². The SMILES string of the molecule is CCC(CC)(COC)COCCCCCCc1ccc(-c2ccc(B3OC(C)(C)C(C)(C)O3)s2)s1. The van der Waals surface area contributed by atoms with Gasteiger partial charge < -0.3 is 18.8 Å². The molecule has 0 bridgehead atoms. The molecule has 0 aliphatic carbocycles. The molecule has 0 amide bonds. The zero-order valence-corrected chi connectivity index (χ0v) is 24.5. The van der Waals surface area contributed by atoms with E-state index in [0.717, 1.165) is 50.3 Å². The molecular formula is C28H45BO4S2. The molecule has 3 heterocycles. The fraction of sp³-hybridized carbons (Fsp3) is 0.714. The van der Waals surface area contributed by atoms with Gasteiger partial charge in [-0.05, 0) is 78.0 Å². The van der Waals surface area contributed by atoms with Crippen LogP contribution in [0.1, 0.15) is 84.9 Å². The Morgan fingerprint density at radius 3 is 2.11 bits per heavy atom. The van der Waals surface area contributed by atoms with Crippen LogP contribution < -0.4 is 4.78 Å². The molecule has 0 saturated carbocycles. The lowest BCUT2D eigenvalue weighted by atomic mass is 9.84. The Balaban J connectivity index is 1.36. The quantitative estimate of drug-likeness (QED) is 0.182. The fourth-order valence-electron chi connectivity index (χ4n) is 4.37. The summed E-state index contributed by atoms with van der Waals surface area (Å²) in [6.07, 6.45) is 8.23. The maximum absolute atomic E-state index is 6.22. The van der Waals surface area contributed by atoms with Gasteiger partial charge in [0.25, 0.3) is 0 Å². The van der Waals surface area contributed by atoms with Crippen LogP contribution in [-0.4, -0.2) is 45.3 Å². The molecule has 196 valence electrons. The third-order valence-electron chi connectivity index (χ3n) is 7.84. The minimum atomic E-state index is -0.302. The van der Waals surface area contributed by atoms with Crippen LogP contribution in [0.5, 0.6) is 0 Å². The first-order valence-electron chi connectivity index (χ1n) is 13.3. The highest BCUT2D eigenvalue weighted by Gasteiger charge is 2.52. The summed E-state index contributed by atoms with van der Waals surface area (Å²) in [4.78, 5) is 4.11. The second-order valence-corrected chi connectivity index (χ2v) is 13.2. The number of rotatable bonds is 15. The first-order chi connectivity index (χ1) is 16.7. The summed E-state index contributed by atoms with van der Waals surface area (Å²) in [6.45, 7) is 15.3. The van der Waals surface area contributed by atoms with Gasteiger partial charge in [0.1, 0.15) is 0 Å². The van der Waals surface area contributed by atoms with Crippen molar-refractivity contribution in [3.8, 4) is 9.75 Å². The van der Waals surface area contributed by atoms with E-state index in [1.54, 1.807) is 18.4 Å². The van der Waals surface area contributed by atoms with Gasteiger partial charge in [0.2, 0.25) is 0 Å². The van der Waals surface area contributed by atoms with Gasteiger partial charge in [-0.3, -0.25) is 0 Å². The molecule has 2 aromatic rings. The summed E-state index contributed by atoms with van der Waals surface area (Å²) in [7, 11) is 1.51. The van der Waals surface area contributed by atoms with E-state index in [9.17, 15) is 0 Å². The Labute approximate surface area is 221 Å². The second kappa shape index (κ2) is 12.7. The van der Waals surface area contributed by atoms with E-state index in [0.29, 0.717) is 0 Å². The highest BCUT2D eigenvalue weighted by molar-refractivity contribution is 7.28. The van der Waals surface area contributed by atoms with Crippen molar-refractivity contribution in [3.05, 3.63) is 29.1 Å². The Bertz CT molecular complexity index is 884. The third-order valence-corrected chi connectivity index (χ3v) is 10.3. The molecule has 0 radical (unpaired) electrons. The van der Waals surface area contributed by atoms with Crippen LogP contribution in [0.15, 0.2) is 24.3 Å². The number of methoxy groups -OCH3 is 1. The van der Waals surface area contributed by atoms with E-state index in [-0.39, 0.29) is 23.7 Å². The van der Waals surface area contributed by atoms with E-state index in [4.69, 9.17) is 18.8 Å². The lowest BCUT2D eigenvalue weighted by Crippen LogP contribution is -2.41. The largest absolute Gasteiger partial charge is 0.505 e. The van der Waals surface area contributed by atoms with Gasteiger partial charge in [0, 0.05) is 38.5 Å². The zero-order valence-electron chi connectivity index (χ0n) is 22.9. The summed E-state index contributed by atoms with van der Waals surface area (Å²) >= 11 is 3.70. The summed E-state index contributed by atoms with van der Waals surface area (Å²) in [5.74, 6) is 0. The predicted octanol–water partition coefficient (Wildman–Crippen LogP) is 7.35. The first kappa shape index (κ1) is 28.9. The molecule has 35 heavy (non-hydrogen) atoms. The molecule has 0 aromatic carbocycles. The molecule has 0 spiro atoms. The molecule has 7 heteroatoms. The monoisotopic (exact) mass is 520 g/mol. The summed E-state index contributed by atoms with van der Waals surface area (Å²) in [5.41, 5.74) is -0.424. The minimum absolute atomic E-state index is 0.180. The van der Waals surface area contributed by atoms with Crippen molar-refractivity contribution in [1.29, 1.82) is 0 Å². The average molecular weight is 521 g/mol. The molecule has 1 fully saturated rings. The van der Waals surface area contributed by atoms with Crippen LogP contribution in [0.3, 0.4) is 0 Å². The van der Waals surface area contributed by atoms with Crippen LogP contribution >= 0.6 is 22.7 Å². The maximum Gasteiger partial charge on any atom is 0.505 e. The fourth-order valence-corrected chi connectivity index (χ4v) is 6.47. The number of thiophene rings is 2. The first-order valence-corrected chi connectivity index (χ1v) is 14.9. The molecule has 2 aromatic heterocycles. The van der Waals surface area contributed by atoms with Gasteiger partial charge in [-0.25, -0.2) is 0 Å².